The zero-order valence-electron chi connectivity index (χ0n) is 11.7. The smallest absolute Gasteiger partial charge is 0.123 e. The lowest BCUT2D eigenvalue weighted by molar-refractivity contribution is 0.542. The van der Waals surface area contributed by atoms with E-state index in [1.807, 2.05) is 24.7 Å². The van der Waals surface area contributed by atoms with Crippen LogP contribution in [0.2, 0.25) is 0 Å². The lowest BCUT2D eigenvalue weighted by Crippen LogP contribution is -2.19. The van der Waals surface area contributed by atoms with E-state index in [1.54, 1.807) is 12.1 Å². The molecule has 0 aliphatic rings. The van der Waals surface area contributed by atoms with Crippen LogP contribution in [0.25, 0.3) is 0 Å². The van der Waals surface area contributed by atoms with E-state index in [0.717, 1.165) is 29.9 Å². The van der Waals surface area contributed by atoms with Gasteiger partial charge in [0.15, 0.2) is 0 Å². The highest BCUT2D eigenvalue weighted by atomic mass is 19.1. The number of aryl methyl sites for hydroxylation is 2. The summed E-state index contributed by atoms with van der Waals surface area (Å²) < 4.78 is 15.1. The number of halogens is 1. The fourth-order valence-electron chi connectivity index (χ4n) is 2.06. The summed E-state index contributed by atoms with van der Waals surface area (Å²) in [6.07, 6.45) is 0.938. The number of nitrogens with one attached hydrogen (secondary N) is 1. The molecule has 1 aromatic carbocycles. The molecule has 0 aliphatic heterocycles. The molecule has 0 fully saturated rings. The Morgan fingerprint density at radius 3 is 2.79 bits per heavy atom. The zero-order chi connectivity index (χ0) is 13.8. The second-order valence-electron chi connectivity index (χ2n) is 4.76. The van der Waals surface area contributed by atoms with Gasteiger partial charge in [-0.25, -0.2) is 4.39 Å². The third-order valence-corrected chi connectivity index (χ3v) is 3.33. The van der Waals surface area contributed by atoms with E-state index in [0.29, 0.717) is 0 Å². The van der Waals surface area contributed by atoms with Crippen molar-refractivity contribution in [3.8, 4) is 0 Å². The second-order valence-corrected chi connectivity index (χ2v) is 4.76. The van der Waals surface area contributed by atoms with Crippen LogP contribution in [-0.4, -0.2) is 9.78 Å². The Balaban J connectivity index is 2.00. The first-order valence-corrected chi connectivity index (χ1v) is 6.60. The number of hydrogen-bond donors (Lipinski definition) is 1. The third kappa shape index (κ3) is 3.41. The summed E-state index contributed by atoms with van der Waals surface area (Å²) in [6.45, 7) is 4.85. The number of rotatable bonds is 5. The first-order valence-electron chi connectivity index (χ1n) is 6.60. The zero-order valence-corrected chi connectivity index (χ0v) is 11.7. The van der Waals surface area contributed by atoms with Crippen molar-refractivity contribution >= 4 is 0 Å². The Morgan fingerprint density at radius 2 is 2.16 bits per heavy atom. The highest BCUT2D eigenvalue weighted by Gasteiger charge is 2.08. The minimum Gasteiger partial charge on any atom is -0.305 e. The van der Waals surface area contributed by atoms with Crippen LogP contribution in [-0.2, 0) is 20.0 Å². The van der Waals surface area contributed by atoms with Crippen molar-refractivity contribution in [2.24, 2.45) is 7.05 Å². The lowest BCUT2D eigenvalue weighted by atomic mass is 10.1. The Hall–Kier alpha value is -1.68. The molecule has 0 saturated carbocycles. The van der Waals surface area contributed by atoms with Crippen LogP contribution in [0.15, 0.2) is 30.3 Å². The molecule has 2 rings (SSSR count). The van der Waals surface area contributed by atoms with Crippen molar-refractivity contribution in [1.29, 1.82) is 0 Å². The van der Waals surface area contributed by atoms with Crippen molar-refractivity contribution in [1.82, 2.24) is 15.1 Å². The predicted octanol–water partition coefficient (Wildman–Crippen LogP) is 2.97. The van der Waals surface area contributed by atoms with Gasteiger partial charge in [-0.15, -0.1) is 0 Å². The Labute approximate surface area is 113 Å². The molecule has 1 N–H and O–H groups in total. The lowest BCUT2D eigenvalue weighted by Gasteiger charge is -2.14. The van der Waals surface area contributed by atoms with Gasteiger partial charge in [-0.05, 0) is 37.1 Å². The maximum atomic E-state index is 13.2. The normalized spacial score (nSPS) is 12.6. The van der Waals surface area contributed by atoms with Gasteiger partial charge in [0.2, 0.25) is 0 Å². The molecule has 1 heterocycles. The van der Waals surface area contributed by atoms with Crippen LogP contribution in [0, 0.1) is 5.82 Å². The van der Waals surface area contributed by atoms with Gasteiger partial charge < -0.3 is 5.32 Å². The molecule has 2 aromatic rings. The molecule has 0 amide bonds. The summed E-state index contributed by atoms with van der Waals surface area (Å²) in [4.78, 5) is 0. The summed E-state index contributed by atoms with van der Waals surface area (Å²) in [5.74, 6) is -0.194. The molecule has 102 valence electrons. The molecule has 0 aliphatic carbocycles. The van der Waals surface area contributed by atoms with Gasteiger partial charge in [-0.2, -0.15) is 5.10 Å². The van der Waals surface area contributed by atoms with E-state index in [-0.39, 0.29) is 11.9 Å². The van der Waals surface area contributed by atoms with Crippen LogP contribution in [0.5, 0.6) is 0 Å². The number of aromatic nitrogens is 2. The number of hydrogen-bond acceptors (Lipinski definition) is 2. The first kappa shape index (κ1) is 13.7. The summed E-state index contributed by atoms with van der Waals surface area (Å²) in [7, 11) is 1.95. The van der Waals surface area contributed by atoms with Crippen LogP contribution in [0.4, 0.5) is 4.39 Å². The van der Waals surface area contributed by atoms with E-state index < -0.39 is 0 Å². The van der Waals surface area contributed by atoms with Crippen molar-refractivity contribution in [3.05, 3.63) is 53.1 Å². The molecule has 1 aromatic heterocycles. The van der Waals surface area contributed by atoms with Gasteiger partial charge in [-0.3, -0.25) is 4.68 Å². The Bertz CT molecular complexity index is 548. The average molecular weight is 261 g/mol. The molecule has 19 heavy (non-hydrogen) atoms. The molecular weight excluding hydrogens is 241 g/mol. The molecule has 0 bridgehead atoms. The molecule has 0 spiro atoms. The standard InChI is InChI=1S/C15H20FN3/c1-4-14-9-15(19(3)18-14)10-17-11(2)12-6-5-7-13(16)8-12/h5-9,11,17H,4,10H2,1-3H3/t11-/m0/s1. The first-order chi connectivity index (χ1) is 9.10. The molecule has 0 radical (unpaired) electrons. The van der Waals surface area contributed by atoms with Crippen molar-refractivity contribution < 1.29 is 4.39 Å². The summed E-state index contributed by atoms with van der Waals surface area (Å²) in [6, 6.07) is 8.91. The molecular formula is C15H20FN3. The van der Waals surface area contributed by atoms with E-state index in [9.17, 15) is 4.39 Å². The molecule has 4 heteroatoms. The molecule has 0 unspecified atom stereocenters. The fraction of sp³-hybridized carbons (Fsp3) is 0.400. The maximum Gasteiger partial charge on any atom is 0.123 e. The number of nitrogens with zero attached hydrogens (tertiary/aromatic N) is 2. The van der Waals surface area contributed by atoms with E-state index in [2.05, 4.69) is 23.4 Å². The average Bonchev–Trinajstić information content (AvgIpc) is 2.76. The second kappa shape index (κ2) is 5.97. The summed E-state index contributed by atoms with van der Waals surface area (Å²) >= 11 is 0. The minimum atomic E-state index is -0.194. The van der Waals surface area contributed by atoms with Gasteiger partial charge in [0, 0.05) is 19.6 Å². The quantitative estimate of drug-likeness (QED) is 0.896. The van der Waals surface area contributed by atoms with Crippen molar-refractivity contribution in [3.63, 3.8) is 0 Å². The highest BCUT2D eigenvalue weighted by molar-refractivity contribution is 5.20. The maximum absolute atomic E-state index is 13.2. The highest BCUT2D eigenvalue weighted by Crippen LogP contribution is 2.14. The predicted molar refractivity (Wildman–Crippen MR) is 74.2 cm³/mol. The fourth-order valence-corrected chi connectivity index (χ4v) is 2.06. The number of benzene rings is 1. The topological polar surface area (TPSA) is 29.9 Å². The van der Waals surface area contributed by atoms with E-state index in [4.69, 9.17) is 0 Å². The minimum absolute atomic E-state index is 0.107. The molecule has 1 atom stereocenters. The third-order valence-electron chi connectivity index (χ3n) is 3.33. The summed E-state index contributed by atoms with van der Waals surface area (Å²) in [5.41, 5.74) is 3.19. The van der Waals surface area contributed by atoms with Gasteiger partial charge in [0.05, 0.1) is 11.4 Å². The van der Waals surface area contributed by atoms with Crippen LogP contribution >= 0.6 is 0 Å². The van der Waals surface area contributed by atoms with Crippen LogP contribution in [0.3, 0.4) is 0 Å². The molecule has 0 saturated heterocycles. The Kier molecular flexibility index (Phi) is 4.32. The van der Waals surface area contributed by atoms with Gasteiger partial charge >= 0.3 is 0 Å². The SMILES string of the molecule is CCc1cc(CN[C@@H](C)c2cccc(F)c2)n(C)n1. The van der Waals surface area contributed by atoms with Crippen molar-refractivity contribution in [2.75, 3.05) is 0 Å². The van der Waals surface area contributed by atoms with Crippen molar-refractivity contribution in [2.45, 2.75) is 32.9 Å². The largest absolute Gasteiger partial charge is 0.305 e. The van der Waals surface area contributed by atoms with E-state index in [1.165, 1.54) is 6.07 Å². The molecule has 3 nitrogen and oxygen atoms in total. The summed E-state index contributed by atoms with van der Waals surface area (Å²) in [5, 5.41) is 7.80. The van der Waals surface area contributed by atoms with E-state index >= 15 is 0 Å². The van der Waals surface area contributed by atoms with Gasteiger partial charge in [-0.1, -0.05) is 19.1 Å². The van der Waals surface area contributed by atoms with Gasteiger partial charge in [0.25, 0.3) is 0 Å². The van der Waals surface area contributed by atoms with Gasteiger partial charge in [0.1, 0.15) is 5.82 Å². The van der Waals surface area contributed by atoms with Crippen LogP contribution < -0.4 is 5.32 Å². The Morgan fingerprint density at radius 1 is 1.37 bits per heavy atom. The van der Waals surface area contributed by atoms with Crippen LogP contribution in [0.1, 0.15) is 36.8 Å². The monoisotopic (exact) mass is 261 g/mol.